The van der Waals surface area contributed by atoms with Crippen molar-refractivity contribution in [1.29, 1.82) is 0 Å². The lowest BCUT2D eigenvalue weighted by Crippen LogP contribution is -2.32. The van der Waals surface area contributed by atoms with Crippen molar-refractivity contribution >= 4 is 16.9 Å². The number of nitrogens with one attached hydrogen (secondary N) is 1. The molecule has 25 heavy (non-hydrogen) atoms. The Kier molecular flexibility index (Phi) is 5.31. The predicted molar refractivity (Wildman–Crippen MR) is 92.9 cm³/mol. The van der Waals surface area contributed by atoms with E-state index in [1.165, 1.54) is 6.07 Å². The third-order valence-electron chi connectivity index (χ3n) is 3.40. The molecule has 3 aromatic rings. The van der Waals surface area contributed by atoms with Crippen molar-refractivity contribution in [2.24, 2.45) is 0 Å². The van der Waals surface area contributed by atoms with Crippen molar-refractivity contribution in [3.8, 4) is 11.5 Å². The van der Waals surface area contributed by atoms with Crippen LogP contribution in [0.25, 0.3) is 11.0 Å². The molecule has 1 N–H and O–H groups in total. The fourth-order valence-electron chi connectivity index (χ4n) is 2.21. The van der Waals surface area contributed by atoms with Crippen LogP contribution in [0.2, 0.25) is 0 Å². The largest absolute Gasteiger partial charge is 0.492 e. The highest BCUT2D eigenvalue weighted by Gasteiger charge is 2.04. The summed E-state index contributed by atoms with van der Waals surface area (Å²) in [5, 5.41) is 3.49. The van der Waals surface area contributed by atoms with Gasteiger partial charge in [-0.15, -0.1) is 0 Å². The Balaban J connectivity index is 1.43. The molecule has 1 heterocycles. The van der Waals surface area contributed by atoms with Crippen LogP contribution in [0.1, 0.15) is 0 Å². The number of hydrogen-bond acceptors (Lipinski definition) is 5. The Morgan fingerprint density at radius 1 is 0.960 bits per heavy atom. The molecule has 0 fully saturated rings. The molecule has 0 saturated heterocycles. The molecule has 0 radical (unpaired) electrons. The van der Waals surface area contributed by atoms with Gasteiger partial charge in [-0.25, -0.2) is 4.79 Å². The van der Waals surface area contributed by atoms with Crippen molar-refractivity contribution in [1.82, 2.24) is 5.32 Å². The first-order valence-corrected chi connectivity index (χ1v) is 7.82. The quantitative estimate of drug-likeness (QED) is 0.528. The van der Waals surface area contributed by atoms with E-state index in [1.807, 2.05) is 30.3 Å². The van der Waals surface area contributed by atoms with E-state index >= 15 is 0 Å². The minimum Gasteiger partial charge on any atom is -0.492 e. The molecule has 0 unspecified atom stereocenters. The lowest BCUT2D eigenvalue weighted by atomic mass is 10.2. The van der Waals surface area contributed by atoms with Gasteiger partial charge in [-0.05, 0) is 30.3 Å². The smallest absolute Gasteiger partial charge is 0.336 e. The zero-order chi connectivity index (χ0) is 17.5. The standard InChI is InChI=1S/C19H17NO5/c21-18(20-10-11-23-15-4-2-1-3-5-15)13-24-16-8-6-14-7-9-19(22)25-17(14)12-16/h1-9,12H,10-11,13H2,(H,20,21). The number of carbonyl (C=O) groups excluding carboxylic acids is 1. The number of hydrogen-bond donors (Lipinski definition) is 1. The summed E-state index contributed by atoms with van der Waals surface area (Å²) in [4.78, 5) is 23.0. The molecule has 3 rings (SSSR count). The molecule has 1 amide bonds. The van der Waals surface area contributed by atoms with Crippen molar-refractivity contribution in [3.05, 3.63) is 71.1 Å². The second kappa shape index (κ2) is 8.01. The molecular formula is C19H17NO5. The van der Waals surface area contributed by atoms with E-state index in [0.29, 0.717) is 24.5 Å². The molecule has 0 bridgehead atoms. The van der Waals surface area contributed by atoms with Crippen LogP contribution in [0.15, 0.2) is 69.9 Å². The zero-order valence-electron chi connectivity index (χ0n) is 13.4. The fraction of sp³-hybridized carbons (Fsp3) is 0.158. The lowest BCUT2D eigenvalue weighted by Gasteiger charge is -2.09. The summed E-state index contributed by atoms with van der Waals surface area (Å²) in [5.74, 6) is 0.953. The summed E-state index contributed by atoms with van der Waals surface area (Å²) >= 11 is 0. The van der Waals surface area contributed by atoms with Gasteiger partial charge in [-0.1, -0.05) is 18.2 Å². The van der Waals surface area contributed by atoms with Crippen molar-refractivity contribution in [2.75, 3.05) is 19.8 Å². The van der Waals surface area contributed by atoms with Gasteiger partial charge in [0.05, 0.1) is 6.54 Å². The van der Waals surface area contributed by atoms with Gasteiger partial charge in [0.2, 0.25) is 0 Å². The third kappa shape index (κ3) is 4.84. The van der Waals surface area contributed by atoms with Crippen LogP contribution in [-0.2, 0) is 4.79 Å². The molecule has 0 atom stereocenters. The van der Waals surface area contributed by atoms with Crippen LogP contribution >= 0.6 is 0 Å². The third-order valence-corrected chi connectivity index (χ3v) is 3.40. The highest BCUT2D eigenvalue weighted by Crippen LogP contribution is 2.19. The molecule has 0 aliphatic carbocycles. The van der Waals surface area contributed by atoms with Crippen molar-refractivity contribution < 1.29 is 18.7 Å². The van der Waals surface area contributed by atoms with E-state index in [9.17, 15) is 9.59 Å². The van der Waals surface area contributed by atoms with Crippen LogP contribution in [0, 0.1) is 0 Å². The molecule has 6 heteroatoms. The van der Waals surface area contributed by atoms with E-state index < -0.39 is 5.63 Å². The lowest BCUT2D eigenvalue weighted by molar-refractivity contribution is -0.123. The predicted octanol–water partition coefficient (Wildman–Crippen LogP) is 2.37. The normalized spacial score (nSPS) is 10.4. The van der Waals surface area contributed by atoms with E-state index in [-0.39, 0.29) is 12.5 Å². The summed E-state index contributed by atoms with van der Waals surface area (Å²) in [6.45, 7) is 0.620. The summed E-state index contributed by atoms with van der Waals surface area (Å²) < 4.78 is 16.0. The average molecular weight is 339 g/mol. The average Bonchev–Trinajstić information content (AvgIpc) is 2.64. The zero-order valence-corrected chi connectivity index (χ0v) is 13.4. The maximum Gasteiger partial charge on any atom is 0.336 e. The number of ether oxygens (including phenoxy) is 2. The monoisotopic (exact) mass is 339 g/mol. The molecule has 0 aliphatic rings. The maximum absolute atomic E-state index is 11.8. The molecule has 0 aliphatic heterocycles. The Labute approximate surface area is 144 Å². The van der Waals surface area contributed by atoms with Gasteiger partial charge in [0.1, 0.15) is 23.7 Å². The van der Waals surface area contributed by atoms with Crippen LogP contribution in [0.3, 0.4) is 0 Å². The Hall–Kier alpha value is -3.28. The minimum atomic E-state index is -0.430. The molecule has 1 aromatic heterocycles. The number of benzene rings is 2. The topological polar surface area (TPSA) is 77.8 Å². The first-order valence-electron chi connectivity index (χ1n) is 7.82. The van der Waals surface area contributed by atoms with Crippen LogP contribution in [0.4, 0.5) is 0 Å². The van der Waals surface area contributed by atoms with E-state index in [2.05, 4.69) is 5.32 Å². The molecule has 6 nitrogen and oxygen atoms in total. The number of amides is 1. The molecular weight excluding hydrogens is 322 g/mol. The van der Waals surface area contributed by atoms with Crippen LogP contribution < -0.4 is 20.4 Å². The van der Waals surface area contributed by atoms with Gasteiger partial charge < -0.3 is 19.2 Å². The van der Waals surface area contributed by atoms with Crippen LogP contribution in [0.5, 0.6) is 11.5 Å². The van der Waals surface area contributed by atoms with Gasteiger partial charge in [-0.3, -0.25) is 4.79 Å². The summed E-state index contributed by atoms with van der Waals surface area (Å²) in [7, 11) is 0. The first-order chi connectivity index (χ1) is 12.2. The first kappa shape index (κ1) is 16.6. The minimum absolute atomic E-state index is 0.131. The van der Waals surface area contributed by atoms with Gasteiger partial charge >= 0.3 is 5.63 Å². The highest BCUT2D eigenvalue weighted by molar-refractivity contribution is 5.79. The number of para-hydroxylation sites is 1. The summed E-state index contributed by atoms with van der Waals surface area (Å²) in [5.41, 5.74) is -0.0116. The fourth-order valence-corrected chi connectivity index (χ4v) is 2.21. The van der Waals surface area contributed by atoms with Crippen molar-refractivity contribution in [3.63, 3.8) is 0 Å². The Morgan fingerprint density at radius 2 is 1.76 bits per heavy atom. The van der Waals surface area contributed by atoms with Gasteiger partial charge in [-0.2, -0.15) is 0 Å². The number of fused-ring (bicyclic) bond motifs is 1. The van der Waals surface area contributed by atoms with Gasteiger partial charge in [0.25, 0.3) is 5.91 Å². The van der Waals surface area contributed by atoms with E-state index in [4.69, 9.17) is 13.9 Å². The Bertz CT molecular complexity index is 904. The van der Waals surface area contributed by atoms with Gasteiger partial charge in [0.15, 0.2) is 6.61 Å². The van der Waals surface area contributed by atoms with E-state index in [0.717, 1.165) is 11.1 Å². The summed E-state index contributed by atoms with van der Waals surface area (Å²) in [6.07, 6.45) is 0. The number of carbonyl (C=O) groups is 1. The maximum atomic E-state index is 11.8. The van der Waals surface area contributed by atoms with Crippen molar-refractivity contribution in [2.45, 2.75) is 0 Å². The molecule has 2 aromatic carbocycles. The SMILES string of the molecule is O=C(COc1ccc2ccc(=O)oc2c1)NCCOc1ccccc1. The summed E-state index contributed by atoms with van der Waals surface area (Å²) in [6, 6.07) is 17.5. The number of rotatable bonds is 7. The second-order valence-electron chi connectivity index (χ2n) is 5.25. The highest BCUT2D eigenvalue weighted by atomic mass is 16.5. The molecule has 0 spiro atoms. The molecule has 128 valence electrons. The van der Waals surface area contributed by atoms with Gasteiger partial charge in [0, 0.05) is 17.5 Å². The Morgan fingerprint density at radius 3 is 2.60 bits per heavy atom. The van der Waals surface area contributed by atoms with Crippen LogP contribution in [-0.4, -0.2) is 25.7 Å². The molecule has 0 saturated carbocycles. The second-order valence-corrected chi connectivity index (χ2v) is 5.25. The van der Waals surface area contributed by atoms with E-state index in [1.54, 1.807) is 24.3 Å².